The van der Waals surface area contributed by atoms with Crippen LogP contribution in [0.3, 0.4) is 0 Å². The van der Waals surface area contributed by atoms with Gasteiger partial charge < -0.3 is 10.0 Å². The minimum atomic E-state index is -0.955. The van der Waals surface area contributed by atoms with Gasteiger partial charge in [-0.25, -0.2) is 9.78 Å². The van der Waals surface area contributed by atoms with E-state index >= 15 is 0 Å². The summed E-state index contributed by atoms with van der Waals surface area (Å²) in [4.78, 5) is 17.8. The number of pyridine rings is 1. The summed E-state index contributed by atoms with van der Waals surface area (Å²) in [6.45, 7) is 2.81. The molecule has 114 valence electrons. The Morgan fingerprint density at radius 3 is 2.55 bits per heavy atom. The number of aromatic carboxylic acids is 1. The Hall–Kier alpha value is -2.37. The average Bonchev–Trinajstić information content (AvgIpc) is 3.06. The van der Waals surface area contributed by atoms with Crippen molar-refractivity contribution >= 4 is 11.8 Å². The van der Waals surface area contributed by atoms with Gasteiger partial charge in [0.2, 0.25) is 0 Å². The van der Waals surface area contributed by atoms with Crippen molar-refractivity contribution < 1.29 is 9.90 Å². The first-order chi connectivity index (χ1) is 10.7. The Balaban J connectivity index is 1.43. The monoisotopic (exact) mass is 298 g/mol. The second-order valence-electron chi connectivity index (χ2n) is 6.26. The molecule has 2 unspecified atom stereocenters. The molecule has 2 aromatic heterocycles. The molecule has 2 atom stereocenters. The van der Waals surface area contributed by atoms with Crippen LogP contribution < -0.4 is 4.90 Å². The number of hydrogen-bond donors (Lipinski definition) is 1. The number of rotatable bonds is 4. The molecule has 6 nitrogen and oxygen atoms in total. The van der Waals surface area contributed by atoms with Crippen LogP contribution in [0.1, 0.15) is 28.8 Å². The van der Waals surface area contributed by atoms with Crippen molar-refractivity contribution in [2.24, 2.45) is 11.8 Å². The van der Waals surface area contributed by atoms with Crippen LogP contribution in [0.4, 0.5) is 5.82 Å². The van der Waals surface area contributed by atoms with Crippen LogP contribution >= 0.6 is 0 Å². The number of carbonyl (C=O) groups is 1. The van der Waals surface area contributed by atoms with Gasteiger partial charge in [0, 0.05) is 25.5 Å². The summed E-state index contributed by atoms with van der Waals surface area (Å²) in [6, 6.07) is 4.10. The molecule has 1 saturated heterocycles. The highest BCUT2D eigenvalue weighted by Crippen LogP contribution is 2.41. The number of nitrogens with zero attached hydrogens (tertiary/aromatic N) is 4. The predicted octanol–water partition coefficient (Wildman–Crippen LogP) is 1.87. The van der Waals surface area contributed by atoms with Gasteiger partial charge in [-0.1, -0.05) is 6.07 Å². The largest absolute Gasteiger partial charge is 0.478 e. The van der Waals surface area contributed by atoms with Crippen molar-refractivity contribution in [1.82, 2.24) is 14.8 Å². The number of carboxylic acids is 1. The second-order valence-corrected chi connectivity index (χ2v) is 6.26. The zero-order chi connectivity index (χ0) is 15.1. The Morgan fingerprint density at radius 1 is 1.23 bits per heavy atom. The standard InChI is InChI=1S/C16H18N4O2/c21-16(22)14-6-18-20(10-14)7-11-1-4-15(17-5-11)19-8-12-2-3-13(12)9-19/h1,4-6,10,12-13H,2-3,7-9H2,(H,21,22). The van der Waals surface area contributed by atoms with Crippen LogP contribution in [0.15, 0.2) is 30.7 Å². The number of carboxylic acid groups (broad SMARTS) is 1. The molecule has 2 aliphatic rings. The molecule has 2 fully saturated rings. The molecule has 2 aromatic rings. The third kappa shape index (κ3) is 2.34. The minimum Gasteiger partial charge on any atom is -0.478 e. The Kier molecular flexibility index (Phi) is 3.10. The molecule has 0 radical (unpaired) electrons. The highest BCUT2D eigenvalue weighted by molar-refractivity contribution is 5.86. The van der Waals surface area contributed by atoms with Crippen LogP contribution in [0.2, 0.25) is 0 Å². The molecule has 3 heterocycles. The van der Waals surface area contributed by atoms with E-state index in [1.165, 1.54) is 25.2 Å². The van der Waals surface area contributed by atoms with Crippen LogP contribution in [-0.2, 0) is 6.54 Å². The summed E-state index contributed by atoms with van der Waals surface area (Å²) < 4.78 is 1.62. The van der Waals surface area contributed by atoms with E-state index in [1.54, 1.807) is 4.68 Å². The molecule has 1 N–H and O–H groups in total. The first-order valence-corrected chi connectivity index (χ1v) is 7.64. The number of aromatic nitrogens is 3. The van der Waals surface area contributed by atoms with Gasteiger partial charge in [-0.2, -0.15) is 5.10 Å². The van der Waals surface area contributed by atoms with E-state index in [-0.39, 0.29) is 5.56 Å². The van der Waals surface area contributed by atoms with E-state index < -0.39 is 5.97 Å². The predicted molar refractivity (Wildman–Crippen MR) is 81.0 cm³/mol. The smallest absolute Gasteiger partial charge is 0.338 e. The van der Waals surface area contributed by atoms with E-state index in [1.807, 2.05) is 12.3 Å². The molecular weight excluding hydrogens is 280 g/mol. The fourth-order valence-electron chi connectivity index (χ4n) is 3.39. The molecule has 1 saturated carbocycles. The van der Waals surface area contributed by atoms with Crippen LogP contribution in [-0.4, -0.2) is 38.9 Å². The molecular formula is C16H18N4O2. The first-order valence-electron chi connectivity index (χ1n) is 7.64. The lowest BCUT2D eigenvalue weighted by molar-refractivity contribution is 0.0697. The van der Waals surface area contributed by atoms with Crippen LogP contribution in [0, 0.1) is 11.8 Å². The Labute approximate surface area is 128 Å². The molecule has 0 amide bonds. The summed E-state index contributed by atoms with van der Waals surface area (Å²) in [5.41, 5.74) is 1.23. The summed E-state index contributed by atoms with van der Waals surface area (Å²) in [5, 5.41) is 13.0. The molecule has 1 aliphatic heterocycles. The van der Waals surface area contributed by atoms with Gasteiger partial charge in [-0.15, -0.1) is 0 Å². The zero-order valence-corrected chi connectivity index (χ0v) is 12.2. The third-order valence-electron chi connectivity index (χ3n) is 4.84. The molecule has 0 aromatic carbocycles. The Morgan fingerprint density at radius 2 is 2.00 bits per heavy atom. The lowest BCUT2D eigenvalue weighted by atomic mass is 9.77. The van der Waals surface area contributed by atoms with E-state index in [0.29, 0.717) is 6.54 Å². The minimum absolute atomic E-state index is 0.206. The lowest BCUT2D eigenvalue weighted by Gasteiger charge is -2.27. The van der Waals surface area contributed by atoms with Crippen molar-refractivity contribution in [3.63, 3.8) is 0 Å². The normalized spacial score (nSPS) is 23.2. The van der Waals surface area contributed by atoms with Gasteiger partial charge in [-0.05, 0) is 36.3 Å². The van der Waals surface area contributed by atoms with Gasteiger partial charge in [0.15, 0.2) is 0 Å². The molecule has 22 heavy (non-hydrogen) atoms. The SMILES string of the molecule is O=C(O)c1cnn(Cc2ccc(N3CC4CCC4C3)nc2)c1. The fourth-order valence-corrected chi connectivity index (χ4v) is 3.39. The maximum atomic E-state index is 10.8. The van der Waals surface area contributed by atoms with Gasteiger partial charge >= 0.3 is 5.97 Å². The van der Waals surface area contributed by atoms with Gasteiger partial charge in [0.25, 0.3) is 0 Å². The van der Waals surface area contributed by atoms with Crippen molar-refractivity contribution in [1.29, 1.82) is 0 Å². The average molecular weight is 298 g/mol. The Bertz CT molecular complexity index is 682. The zero-order valence-electron chi connectivity index (χ0n) is 12.2. The van der Waals surface area contributed by atoms with Gasteiger partial charge in [-0.3, -0.25) is 4.68 Å². The summed E-state index contributed by atoms with van der Waals surface area (Å²) in [5.74, 6) is 1.84. The molecule has 0 bridgehead atoms. The quantitative estimate of drug-likeness (QED) is 0.933. The molecule has 6 heteroatoms. The van der Waals surface area contributed by atoms with E-state index in [0.717, 1.165) is 36.3 Å². The van der Waals surface area contributed by atoms with E-state index in [2.05, 4.69) is 21.0 Å². The van der Waals surface area contributed by atoms with E-state index in [9.17, 15) is 4.79 Å². The van der Waals surface area contributed by atoms with Crippen LogP contribution in [0.5, 0.6) is 0 Å². The maximum Gasteiger partial charge on any atom is 0.338 e. The number of fused-ring (bicyclic) bond motifs is 1. The molecule has 4 rings (SSSR count). The van der Waals surface area contributed by atoms with Crippen molar-refractivity contribution in [3.05, 3.63) is 41.9 Å². The maximum absolute atomic E-state index is 10.8. The van der Waals surface area contributed by atoms with E-state index in [4.69, 9.17) is 5.11 Å². The first kappa shape index (κ1) is 13.3. The summed E-state index contributed by atoms with van der Waals surface area (Å²) in [7, 11) is 0. The van der Waals surface area contributed by atoms with Crippen molar-refractivity contribution in [2.45, 2.75) is 19.4 Å². The summed E-state index contributed by atoms with van der Waals surface area (Å²) in [6.07, 6.45) is 7.49. The number of anilines is 1. The number of hydrogen-bond acceptors (Lipinski definition) is 4. The highest BCUT2D eigenvalue weighted by atomic mass is 16.4. The fraction of sp³-hybridized carbons (Fsp3) is 0.438. The van der Waals surface area contributed by atoms with Gasteiger partial charge in [0.1, 0.15) is 5.82 Å². The van der Waals surface area contributed by atoms with Crippen molar-refractivity contribution in [2.75, 3.05) is 18.0 Å². The lowest BCUT2D eigenvalue weighted by Crippen LogP contribution is -2.22. The second kappa shape index (κ2) is 5.12. The topological polar surface area (TPSA) is 71.2 Å². The molecule has 0 spiro atoms. The van der Waals surface area contributed by atoms with Crippen LogP contribution in [0.25, 0.3) is 0 Å². The van der Waals surface area contributed by atoms with Crippen molar-refractivity contribution in [3.8, 4) is 0 Å². The highest BCUT2D eigenvalue weighted by Gasteiger charge is 2.39. The summed E-state index contributed by atoms with van der Waals surface area (Å²) >= 11 is 0. The molecule has 1 aliphatic carbocycles. The third-order valence-corrected chi connectivity index (χ3v) is 4.84. The van der Waals surface area contributed by atoms with Gasteiger partial charge in [0.05, 0.1) is 18.3 Å².